The summed E-state index contributed by atoms with van der Waals surface area (Å²) in [6, 6.07) is 4.16. The van der Waals surface area contributed by atoms with Crippen LogP contribution in [0.1, 0.15) is 38.5 Å². The van der Waals surface area contributed by atoms with Gasteiger partial charge in [-0.15, -0.1) is 0 Å². The van der Waals surface area contributed by atoms with Crippen LogP contribution in [0.4, 0.5) is 0 Å². The Morgan fingerprint density at radius 1 is 0.609 bits per heavy atom. The van der Waals surface area contributed by atoms with E-state index in [9.17, 15) is 0 Å². The van der Waals surface area contributed by atoms with Gasteiger partial charge in [-0.3, -0.25) is 0 Å². The Morgan fingerprint density at radius 2 is 0.913 bits per heavy atom. The second-order valence-corrected chi connectivity index (χ2v) is 11.4. The first-order valence-electron chi connectivity index (χ1n) is 8.86. The molecule has 0 aromatic rings. The van der Waals surface area contributed by atoms with Crippen LogP contribution in [0.15, 0.2) is 38.5 Å². The third kappa shape index (κ3) is 14.2. The molecule has 0 unspecified atom stereocenters. The molecule has 0 aliphatic heterocycles. The van der Waals surface area contributed by atoms with Crippen molar-refractivity contribution in [2.24, 2.45) is 0 Å². The Hall–Kier alpha value is -1.16. The largest absolute Gasteiger partial charge is 0.502 e. The summed E-state index contributed by atoms with van der Waals surface area (Å²) in [5.74, 6) is 0. The van der Waals surface area contributed by atoms with Crippen molar-refractivity contribution >= 4 is 8.07 Å². The average molecular weight is 341 g/mol. The molecule has 0 saturated carbocycles. The van der Waals surface area contributed by atoms with Crippen molar-refractivity contribution in [2.45, 2.75) is 63.2 Å². The normalized spacial score (nSPS) is 10.8. The molecule has 4 heteroatoms. The molecule has 0 aromatic heterocycles. The average Bonchev–Trinajstić information content (AvgIpc) is 2.54. The third-order valence-corrected chi connectivity index (χ3v) is 8.91. The summed E-state index contributed by atoms with van der Waals surface area (Å²) in [5, 5.41) is 0. The van der Waals surface area contributed by atoms with Crippen LogP contribution in [0.25, 0.3) is 0 Å². The molecule has 0 fully saturated rings. The maximum absolute atomic E-state index is 5.23. The lowest BCUT2D eigenvalue weighted by molar-refractivity contribution is 0.243. The zero-order valence-corrected chi connectivity index (χ0v) is 16.1. The fraction of sp³-hybridized carbons (Fsp3) is 0.684. The van der Waals surface area contributed by atoms with Crippen LogP contribution < -0.4 is 0 Å². The maximum Gasteiger partial charge on any atom is 0.0872 e. The van der Waals surface area contributed by atoms with Crippen molar-refractivity contribution in [3.8, 4) is 0 Å². The summed E-state index contributed by atoms with van der Waals surface area (Å²) in [7, 11) is -1.17. The van der Waals surface area contributed by atoms with Gasteiger partial charge < -0.3 is 14.2 Å². The molecule has 0 atom stereocenters. The lowest BCUT2D eigenvalue weighted by atomic mass is 10.3. The Bertz CT molecular complexity index is 259. The van der Waals surface area contributed by atoms with Gasteiger partial charge in [-0.25, -0.2) is 0 Å². The number of hydrogen-bond acceptors (Lipinski definition) is 3. The molecule has 0 rings (SSSR count). The first-order chi connectivity index (χ1) is 11.2. The van der Waals surface area contributed by atoms with Gasteiger partial charge >= 0.3 is 0 Å². The van der Waals surface area contributed by atoms with Crippen LogP contribution in [0.5, 0.6) is 0 Å². The first kappa shape index (κ1) is 21.8. The van der Waals surface area contributed by atoms with E-state index in [0.717, 1.165) is 39.1 Å². The van der Waals surface area contributed by atoms with Gasteiger partial charge in [0.1, 0.15) is 0 Å². The van der Waals surface area contributed by atoms with Crippen LogP contribution in [0.2, 0.25) is 24.7 Å². The van der Waals surface area contributed by atoms with Gasteiger partial charge in [-0.1, -0.05) is 63.7 Å². The van der Waals surface area contributed by atoms with Gasteiger partial charge in [-0.05, 0) is 19.3 Å². The molecule has 0 aromatic carbocycles. The third-order valence-electron chi connectivity index (χ3n) is 4.23. The summed E-state index contributed by atoms with van der Waals surface area (Å²) in [6.45, 7) is 15.7. The Balaban J connectivity index is 4.07. The second-order valence-electron chi connectivity index (χ2n) is 6.29. The van der Waals surface area contributed by atoms with Gasteiger partial charge in [0, 0.05) is 0 Å². The van der Waals surface area contributed by atoms with Crippen molar-refractivity contribution in [3.05, 3.63) is 38.5 Å². The topological polar surface area (TPSA) is 27.7 Å². The summed E-state index contributed by atoms with van der Waals surface area (Å²) in [5.41, 5.74) is 0. The zero-order chi connectivity index (χ0) is 17.2. The standard InChI is InChI=1S/C19H36O3Si/c1-5-20-14-8-11-17-23(4,18-12-9-15-21-6-2)19-13-10-16-22-7-3/h5-7H,1-3,8-19H2,4H3. The molecule has 0 saturated heterocycles. The smallest absolute Gasteiger partial charge is 0.0872 e. The quantitative estimate of drug-likeness (QED) is 0.177. The molecule has 0 spiro atoms. The molecule has 3 nitrogen and oxygen atoms in total. The molecule has 0 aliphatic rings. The minimum atomic E-state index is -1.17. The highest BCUT2D eigenvalue weighted by atomic mass is 28.3. The van der Waals surface area contributed by atoms with E-state index in [2.05, 4.69) is 26.3 Å². The van der Waals surface area contributed by atoms with E-state index in [4.69, 9.17) is 14.2 Å². The van der Waals surface area contributed by atoms with E-state index < -0.39 is 8.07 Å². The summed E-state index contributed by atoms with van der Waals surface area (Å²) in [6.07, 6.45) is 11.8. The minimum Gasteiger partial charge on any atom is -0.502 e. The number of ether oxygens (including phenoxy) is 3. The zero-order valence-electron chi connectivity index (χ0n) is 15.1. The second kappa shape index (κ2) is 15.7. The van der Waals surface area contributed by atoms with Crippen molar-refractivity contribution < 1.29 is 14.2 Å². The van der Waals surface area contributed by atoms with Crippen molar-refractivity contribution in [1.82, 2.24) is 0 Å². The first-order valence-corrected chi connectivity index (χ1v) is 12.0. The highest BCUT2D eigenvalue weighted by Crippen LogP contribution is 2.28. The molecule has 134 valence electrons. The molecule has 0 N–H and O–H groups in total. The summed E-state index contributed by atoms with van der Waals surface area (Å²) in [4.78, 5) is 0. The lowest BCUT2D eigenvalue weighted by Crippen LogP contribution is -2.29. The Labute approximate surface area is 144 Å². The van der Waals surface area contributed by atoms with E-state index in [0.29, 0.717) is 0 Å². The van der Waals surface area contributed by atoms with Gasteiger partial charge in [0.25, 0.3) is 0 Å². The highest BCUT2D eigenvalue weighted by Gasteiger charge is 2.25. The van der Waals surface area contributed by atoms with E-state index >= 15 is 0 Å². The number of hydrogen-bond donors (Lipinski definition) is 0. The van der Waals surface area contributed by atoms with Gasteiger partial charge in [-0.2, -0.15) is 0 Å². The van der Waals surface area contributed by atoms with Crippen molar-refractivity contribution in [3.63, 3.8) is 0 Å². The number of unbranched alkanes of at least 4 members (excludes halogenated alkanes) is 3. The minimum absolute atomic E-state index is 0.800. The molecule has 0 bridgehead atoms. The summed E-state index contributed by atoms with van der Waals surface area (Å²) < 4.78 is 15.7. The lowest BCUT2D eigenvalue weighted by Gasteiger charge is -2.28. The molecule has 0 radical (unpaired) electrons. The van der Waals surface area contributed by atoms with Crippen LogP contribution in [-0.2, 0) is 14.2 Å². The monoisotopic (exact) mass is 340 g/mol. The fourth-order valence-electron chi connectivity index (χ4n) is 2.84. The van der Waals surface area contributed by atoms with Crippen LogP contribution in [-0.4, -0.2) is 27.9 Å². The van der Waals surface area contributed by atoms with Crippen LogP contribution in [0, 0.1) is 0 Å². The van der Waals surface area contributed by atoms with E-state index in [1.54, 1.807) is 0 Å². The van der Waals surface area contributed by atoms with Crippen molar-refractivity contribution in [2.75, 3.05) is 19.8 Å². The fourth-order valence-corrected chi connectivity index (χ4v) is 6.90. The molecule has 0 amide bonds. The molecular formula is C19H36O3Si. The predicted molar refractivity (Wildman–Crippen MR) is 102 cm³/mol. The SMILES string of the molecule is C=COCCCC[Si](C)(CCCCOC=C)CCCCOC=C. The molecular weight excluding hydrogens is 304 g/mol. The molecule has 0 aliphatic carbocycles. The van der Waals surface area contributed by atoms with E-state index in [1.165, 1.54) is 56.2 Å². The van der Waals surface area contributed by atoms with Crippen molar-refractivity contribution in [1.29, 1.82) is 0 Å². The summed E-state index contributed by atoms with van der Waals surface area (Å²) >= 11 is 0. The van der Waals surface area contributed by atoms with Gasteiger partial charge in [0.2, 0.25) is 0 Å². The van der Waals surface area contributed by atoms with Crippen LogP contribution in [0.3, 0.4) is 0 Å². The Kier molecular flexibility index (Phi) is 14.9. The highest BCUT2D eigenvalue weighted by molar-refractivity contribution is 6.78. The van der Waals surface area contributed by atoms with E-state index in [-0.39, 0.29) is 0 Å². The maximum atomic E-state index is 5.23. The van der Waals surface area contributed by atoms with Crippen LogP contribution >= 0.6 is 0 Å². The molecule has 0 heterocycles. The number of rotatable bonds is 18. The van der Waals surface area contributed by atoms with Gasteiger partial charge in [0.15, 0.2) is 0 Å². The molecule has 23 heavy (non-hydrogen) atoms. The van der Waals surface area contributed by atoms with Gasteiger partial charge in [0.05, 0.1) is 46.7 Å². The predicted octanol–water partition coefficient (Wildman–Crippen LogP) is 5.89. The Morgan fingerprint density at radius 3 is 1.17 bits per heavy atom. The van der Waals surface area contributed by atoms with E-state index in [1.807, 2.05) is 0 Å².